The van der Waals surface area contributed by atoms with Crippen LogP contribution in [0.15, 0.2) is 18.2 Å². The first-order valence-corrected chi connectivity index (χ1v) is 6.86. The molecule has 1 saturated heterocycles. The number of rotatable bonds is 2. The van der Waals surface area contributed by atoms with Crippen molar-refractivity contribution in [2.75, 3.05) is 13.1 Å². The maximum absolute atomic E-state index is 13.7. The third-order valence-corrected chi connectivity index (χ3v) is 3.90. The molecule has 19 heavy (non-hydrogen) atoms. The lowest BCUT2D eigenvalue weighted by atomic mass is 9.92. The summed E-state index contributed by atoms with van der Waals surface area (Å²) in [7, 11) is 0. The summed E-state index contributed by atoms with van der Waals surface area (Å²) in [5.74, 6) is -0.312. The molecule has 1 amide bonds. The zero-order valence-electron chi connectivity index (χ0n) is 10.9. The van der Waals surface area contributed by atoms with Crippen molar-refractivity contribution in [3.63, 3.8) is 0 Å². The van der Waals surface area contributed by atoms with Crippen LogP contribution in [-0.4, -0.2) is 29.9 Å². The van der Waals surface area contributed by atoms with Crippen molar-refractivity contribution in [1.82, 2.24) is 4.90 Å². The van der Waals surface area contributed by atoms with Crippen LogP contribution in [0, 0.1) is 11.7 Å². The number of nitrogens with zero attached hydrogens (tertiary/aromatic N) is 1. The topological polar surface area (TPSA) is 46.3 Å². The van der Waals surface area contributed by atoms with E-state index in [1.165, 1.54) is 18.2 Å². The first kappa shape index (κ1) is 14.3. The Balaban J connectivity index is 2.25. The van der Waals surface area contributed by atoms with Gasteiger partial charge in [-0.15, -0.1) is 0 Å². The van der Waals surface area contributed by atoms with Crippen LogP contribution in [0.5, 0.6) is 0 Å². The summed E-state index contributed by atoms with van der Waals surface area (Å²) < 4.78 is 13.7. The maximum Gasteiger partial charge on any atom is 0.257 e. The molecule has 0 radical (unpaired) electrons. The van der Waals surface area contributed by atoms with E-state index in [0.29, 0.717) is 24.0 Å². The van der Waals surface area contributed by atoms with Crippen molar-refractivity contribution in [3.8, 4) is 0 Å². The van der Waals surface area contributed by atoms with Gasteiger partial charge in [-0.3, -0.25) is 4.79 Å². The van der Waals surface area contributed by atoms with Crippen molar-refractivity contribution >= 4 is 17.5 Å². The number of hydrogen-bond acceptors (Lipinski definition) is 2. The Kier molecular flexibility index (Phi) is 4.42. The fourth-order valence-corrected chi connectivity index (χ4v) is 2.73. The maximum atomic E-state index is 13.7. The van der Waals surface area contributed by atoms with Gasteiger partial charge >= 0.3 is 0 Å². The van der Waals surface area contributed by atoms with E-state index in [-0.39, 0.29) is 17.5 Å². The summed E-state index contributed by atoms with van der Waals surface area (Å²) in [6.07, 6.45) is 1.79. The molecule has 0 spiro atoms. The highest BCUT2D eigenvalue weighted by atomic mass is 35.5. The van der Waals surface area contributed by atoms with Gasteiger partial charge in [0, 0.05) is 24.2 Å². The molecule has 1 fully saturated rings. The summed E-state index contributed by atoms with van der Waals surface area (Å²) in [4.78, 5) is 14.1. The van der Waals surface area contributed by atoms with Crippen LogP contribution < -0.4 is 5.73 Å². The molecule has 104 valence electrons. The zero-order valence-corrected chi connectivity index (χ0v) is 11.7. The molecule has 1 aliphatic heterocycles. The largest absolute Gasteiger partial charge is 0.334 e. The number of amides is 1. The number of carbonyl (C=O) groups is 1. The van der Waals surface area contributed by atoms with E-state index in [4.69, 9.17) is 17.3 Å². The Morgan fingerprint density at radius 1 is 1.58 bits per heavy atom. The van der Waals surface area contributed by atoms with Gasteiger partial charge < -0.3 is 10.6 Å². The number of piperidine rings is 1. The molecule has 1 aromatic carbocycles. The minimum Gasteiger partial charge on any atom is -0.334 e. The molecule has 0 bridgehead atoms. The highest BCUT2D eigenvalue weighted by Gasteiger charge is 2.30. The lowest BCUT2D eigenvalue weighted by Gasteiger charge is -2.38. The van der Waals surface area contributed by atoms with Gasteiger partial charge in [0.15, 0.2) is 0 Å². The second kappa shape index (κ2) is 5.88. The van der Waals surface area contributed by atoms with E-state index in [2.05, 4.69) is 6.92 Å². The first-order valence-electron chi connectivity index (χ1n) is 6.49. The van der Waals surface area contributed by atoms with Crippen LogP contribution in [0.2, 0.25) is 5.02 Å². The third-order valence-electron chi connectivity index (χ3n) is 3.67. The summed E-state index contributed by atoms with van der Waals surface area (Å²) in [5.41, 5.74) is 5.75. The highest BCUT2D eigenvalue weighted by molar-refractivity contribution is 6.31. The van der Waals surface area contributed by atoms with Crippen LogP contribution >= 0.6 is 11.6 Å². The molecular weight excluding hydrogens is 267 g/mol. The van der Waals surface area contributed by atoms with Gasteiger partial charge in [0.25, 0.3) is 5.91 Å². The second-order valence-corrected chi connectivity index (χ2v) is 5.58. The second-order valence-electron chi connectivity index (χ2n) is 5.14. The van der Waals surface area contributed by atoms with Crippen LogP contribution in [-0.2, 0) is 0 Å². The molecule has 2 unspecified atom stereocenters. The number of likely N-dealkylation sites (tertiary alicyclic amines) is 1. The summed E-state index contributed by atoms with van der Waals surface area (Å²) >= 11 is 5.83. The molecule has 1 aliphatic rings. The van der Waals surface area contributed by atoms with Gasteiger partial charge in [-0.2, -0.15) is 0 Å². The molecule has 0 aliphatic carbocycles. The molecule has 2 N–H and O–H groups in total. The van der Waals surface area contributed by atoms with Gasteiger partial charge in [0.1, 0.15) is 5.82 Å². The van der Waals surface area contributed by atoms with E-state index in [1.807, 2.05) is 0 Å². The smallest absolute Gasteiger partial charge is 0.257 e. The van der Waals surface area contributed by atoms with Crippen molar-refractivity contribution in [3.05, 3.63) is 34.6 Å². The summed E-state index contributed by atoms with van der Waals surface area (Å²) in [6.45, 7) is 3.16. The molecule has 1 aromatic rings. The predicted molar refractivity (Wildman–Crippen MR) is 73.7 cm³/mol. The van der Waals surface area contributed by atoms with Gasteiger partial charge in [0.05, 0.1) is 5.56 Å². The van der Waals surface area contributed by atoms with Gasteiger partial charge in [0.2, 0.25) is 0 Å². The molecule has 0 saturated carbocycles. The average Bonchev–Trinajstić information content (AvgIpc) is 2.40. The van der Waals surface area contributed by atoms with E-state index < -0.39 is 5.82 Å². The molecule has 2 rings (SSSR count). The number of benzene rings is 1. The fraction of sp³-hybridized carbons (Fsp3) is 0.500. The Morgan fingerprint density at radius 3 is 3.00 bits per heavy atom. The molecule has 1 heterocycles. The normalized spacial score (nSPS) is 23.5. The van der Waals surface area contributed by atoms with Crippen molar-refractivity contribution in [2.24, 2.45) is 11.7 Å². The Labute approximate surface area is 117 Å². The molecule has 3 nitrogen and oxygen atoms in total. The molecule has 0 aromatic heterocycles. The first-order chi connectivity index (χ1) is 9.02. The Hall–Kier alpha value is -1.13. The van der Waals surface area contributed by atoms with Gasteiger partial charge in [-0.25, -0.2) is 4.39 Å². The number of hydrogen-bond donors (Lipinski definition) is 1. The van der Waals surface area contributed by atoms with Crippen molar-refractivity contribution in [2.45, 2.75) is 25.8 Å². The standard InChI is InChI=1S/C14H18ClFN2O/c1-9-4-5-18(11(6-9)8-17)14(19)12-7-10(15)2-3-13(12)16/h2-3,7,9,11H,4-6,8,17H2,1H3. The predicted octanol–water partition coefficient (Wildman–Crippen LogP) is 2.68. The average molecular weight is 285 g/mol. The van der Waals surface area contributed by atoms with E-state index in [0.717, 1.165) is 12.8 Å². The van der Waals surface area contributed by atoms with Crippen LogP contribution in [0.3, 0.4) is 0 Å². The number of carbonyl (C=O) groups excluding carboxylic acids is 1. The highest BCUT2D eigenvalue weighted by Crippen LogP contribution is 2.25. The van der Waals surface area contributed by atoms with E-state index in [1.54, 1.807) is 4.90 Å². The summed E-state index contributed by atoms with van der Waals surface area (Å²) in [5, 5.41) is 0.361. The summed E-state index contributed by atoms with van der Waals surface area (Å²) in [6, 6.07) is 4.02. The van der Waals surface area contributed by atoms with Crippen LogP contribution in [0.4, 0.5) is 4.39 Å². The lowest BCUT2D eigenvalue weighted by molar-refractivity contribution is 0.0569. The van der Waals surface area contributed by atoms with Gasteiger partial charge in [-0.1, -0.05) is 18.5 Å². The minimum atomic E-state index is -0.538. The van der Waals surface area contributed by atoms with Crippen LogP contribution in [0.1, 0.15) is 30.1 Å². The number of halogens is 2. The minimum absolute atomic E-state index is 0.0189. The van der Waals surface area contributed by atoms with Gasteiger partial charge in [-0.05, 0) is 37.0 Å². The lowest BCUT2D eigenvalue weighted by Crippen LogP contribution is -2.49. The Bertz CT molecular complexity index is 481. The molecule has 2 atom stereocenters. The third kappa shape index (κ3) is 3.07. The van der Waals surface area contributed by atoms with E-state index in [9.17, 15) is 9.18 Å². The SMILES string of the molecule is CC1CCN(C(=O)c2cc(Cl)ccc2F)C(CN)C1. The molecule has 5 heteroatoms. The van der Waals surface area contributed by atoms with E-state index >= 15 is 0 Å². The quantitative estimate of drug-likeness (QED) is 0.907. The number of nitrogens with two attached hydrogens (primary N) is 1. The molecular formula is C14H18ClFN2O. The monoisotopic (exact) mass is 284 g/mol. The fourth-order valence-electron chi connectivity index (χ4n) is 2.56. The Morgan fingerprint density at radius 2 is 2.32 bits per heavy atom. The zero-order chi connectivity index (χ0) is 14.0. The van der Waals surface area contributed by atoms with Crippen molar-refractivity contribution in [1.29, 1.82) is 0 Å². The van der Waals surface area contributed by atoms with Crippen LogP contribution in [0.25, 0.3) is 0 Å². The van der Waals surface area contributed by atoms with Crippen molar-refractivity contribution < 1.29 is 9.18 Å².